The van der Waals surface area contributed by atoms with Crippen molar-refractivity contribution in [3.8, 4) is 0 Å². The lowest BCUT2D eigenvalue weighted by Gasteiger charge is -2.47. The Morgan fingerprint density at radius 1 is 1.45 bits per heavy atom. The SMILES string of the molecule is C=C(C)C1CCC2(C)CC(O)C(OC(C)=O)C(C)=C2C1. The van der Waals surface area contributed by atoms with E-state index in [9.17, 15) is 9.90 Å². The molecule has 2 rings (SSSR count). The van der Waals surface area contributed by atoms with Crippen molar-refractivity contribution in [2.24, 2.45) is 11.3 Å². The fourth-order valence-electron chi connectivity index (χ4n) is 3.90. The zero-order chi connectivity index (χ0) is 15.1. The van der Waals surface area contributed by atoms with Crippen LogP contribution in [0.15, 0.2) is 23.3 Å². The molecule has 20 heavy (non-hydrogen) atoms. The van der Waals surface area contributed by atoms with Gasteiger partial charge in [0.25, 0.3) is 0 Å². The van der Waals surface area contributed by atoms with Crippen LogP contribution in [0.3, 0.4) is 0 Å². The Bertz CT molecular complexity index is 463. The van der Waals surface area contributed by atoms with Gasteiger partial charge < -0.3 is 9.84 Å². The summed E-state index contributed by atoms with van der Waals surface area (Å²) in [5.41, 5.74) is 3.69. The minimum Gasteiger partial charge on any atom is -0.455 e. The van der Waals surface area contributed by atoms with Gasteiger partial charge in [-0.1, -0.05) is 24.6 Å². The molecule has 2 aliphatic rings. The molecule has 0 aromatic rings. The van der Waals surface area contributed by atoms with Gasteiger partial charge in [-0.2, -0.15) is 0 Å². The highest BCUT2D eigenvalue weighted by Gasteiger charge is 2.45. The summed E-state index contributed by atoms with van der Waals surface area (Å²) in [7, 11) is 0. The number of aliphatic hydroxyl groups excluding tert-OH is 1. The second-order valence-corrected chi connectivity index (χ2v) is 6.81. The smallest absolute Gasteiger partial charge is 0.303 e. The van der Waals surface area contributed by atoms with Crippen LogP contribution in [0, 0.1) is 11.3 Å². The molecule has 0 bridgehead atoms. The predicted molar refractivity (Wildman–Crippen MR) is 79.1 cm³/mol. The van der Waals surface area contributed by atoms with Crippen molar-refractivity contribution in [2.45, 2.75) is 65.6 Å². The van der Waals surface area contributed by atoms with E-state index < -0.39 is 12.2 Å². The quantitative estimate of drug-likeness (QED) is 0.622. The van der Waals surface area contributed by atoms with Crippen LogP contribution in [0.5, 0.6) is 0 Å². The lowest BCUT2D eigenvalue weighted by atomic mass is 9.60. The van der Waals surface area contributed by atoms with Crippen LogP contribution in [-0.2, 0) is 9.53 Å². The first-order valence-corrected chi connectivity index (χ1v) is 7.45. The van der Waals surface area contributed by atoms with E-state index in [4.69, 9.17) is 4.74 Å². The molecule has 1 saturated carbocycles. The van der Waals surface area contributed by atoms with Gasteiger partial charge >= 0.3 is 5.97 Å². The third-order valence-electron chi connectivity index (χ3n) is 5.13. The standard InChI is InChI=1S/C17H26O3/c1-10(2)13-6-7-17(5)9-15(19)16(20-12(4)18)11(3)14(17)8-13/h13,15-16,19H,1,6-9H2,2-5H3. The van der Waals surface area contributed by atoms with Crippen molar-refractivity contribution in [1.82, 2.24) is 0 Å². The highest BCUT2D eigenvalue weighted by molar-refractivity contribution is 5.66. The number of ether oxygens (including phenoxy) is 1. The van der Waals surface area contributed by atoms with Crippen molar-refractivity contribution in [2.75, 3.05) is 0 Å². The van der Waals surface area contributed by atoms with Gasteiger partial charge in [0.15, 0.2) is 0 Å². The molecule has 0 aromatic heterocycles. The van der Waals surface area contributed by atoms with Gasteiger partial charge in [0.05, 0.1) is 6.10 Å². The van der Waals surface area contributed by atoms with Gasteiger partial charge in [0, 0.05) is 6.92 Å². The number of esters is 1. The van der Waals surface area contributed by atoms with Crippen LogP contribution >= 0.6 is 0 Å². The molecule has 3 heteroatoms. The lowest BCUT2D eigenvalue weighted by Crippen LogP contribution is -2.44. The van der Waals surface area contributed by atoms with Crippen molar-refractivity contribution >= 4 is 5.97 Å². The van der Waals surface area contributed by atoms with E-state index in [0.717, 1.165) is 24.8 Å². The van der Waals surface area contributed by atoms with E-state index in [-0.39, 0.29) is 11.4 Å². The topological polar surface area (TPSA) is 46.5 Å². The molecule has 1 N–H and O–H groups in total. The van der Waals surface area contributed by atoms with Gasteiger partial charge in [-0.05, 0) is 56.4 Å². The number of carbonyl (C=O) groups is 1. The Hall–Kier alpha value is -1.09. The average Bonchev–Trinajstić information content (AvgIpc) is 2.33. The number of carbonyl (C=O) groups excluding carboxylic acids is 1. The highest BCUT2D eigenvalue weighted by atomic mass is 16.6. The summed E-state index contributed by atoms with van der Waals surface area (Å²) < 4.78 is 5.34. The summed E-state index contributed by atoms with van der Waals surface area (Å²) in [5, 5.41) is 10.3. The monoisotopic (exact) mass is 278 g/mol. The number of aliphatic hydroxyl groups is 1. The van der Waals surface area contributed by atoms with E-state index in [0.29, 0.717) is 12.3 Å². The molecule has 0 radical (unpaired) electrons. The van der Waals surface area contributed by atoms with Gasteiger partial charge in [0.1, 0.15) is 6.10 Å². The minimum atomic E-state index is -0.589. The second-order valence-electron chi connectivity index (χ2n) is 6.81. The minimum absolute atomic E-state index is 0.0477. The van der Waals surface area contributed by atoms with E-state index >= 15 is 0 Å². The van der Waals surface area contributed by atoms with Crippen molar-refractivity contribution in [3.05, 3.63) is 23.3 Å². The van der Waals surface area contributed by atoms with Crippen LogP contribution < -0.4 is 0 Å². The summed E-state index contributed by atoms with van der Waals surface area (Å²) in [6.07, 6.45) is 2.81. The van der Waals surface area contributed by atoms with E-state index in [1.165, 1.54) is 18.1 Å². The van der Waals surface area contributed by atoms with Crippen LogP contribution in [0.1, 0.15) is 53.4 Å². The van der Waals surface area contributed by atoms with Crippen LogP contribution in [0.25, 0.3) is 0 Å². The maximum atomic E-state index is 11.2. The number of allylic oxidation sites excluding steroid dienone is 2. The summed E-state index contributed by atoms with van der Waals surface area (Å²) in [5.74, 6) is 0.186. The Kier molecular flexibility index (Phi) is 4.10. The van der Waals surface area contributed by atoms with Crippen molar-refractivity contribution < 1.29 is 14.6 Å². The first-order chi connectivity index (χ1) is 9.24. The summed E-state index contributed by atoms with van der Waals surface area (Å²) in [6.45, 7) is 11.8. The third-order valence-corrected chi connectivity index (χ3v) is 5.13. The molecular weight excluding hydrogens is 252 g/mol. The van der Waals surface area contributed by atoms with Gasteiger partial charge in [-0.15, -0.1) is 0 Å². The third kappa shape index (κ3) is 2.69. The summed E-state index contributed by atoms with van der Waals surface area (Å²) in [6, 6.07) is 0. The highest BCUT2D eigenvalue weighted by Crippen LogP contribution is 2.52. The molecule has 112 valence electrons. The Morgan fingerprint density at radius 3 is 2.65 bits per heavy atom. The number of hydrogen-bond acceptors (Lipinski definition) is 3. The Labute approximate surface area is 121 Å². The lowest BCUT2D eigenvalue weighted by molar-refractivity contribution is -0.151. The molecule has 3 nitrogen and oxygen atoms in total. The summed E-state index contributed by atoms with van der Waals surface area (Å²) in [4.78, 5) is 11.2. The molecule has 0 spiro atoms. The van der Waals surface area contributed by atoms with Crippen LogP contribution in [0.4, 0.5) is 0 Å². The van der Waals surface area contributed by atoms with Gasteiger partial charge in [-0.3, -0.25) is 4.79 Å². The van der Waals surface area contributed by atoms with Gasteiger partial charge in [0.2, 0.25) is 0 Å². The summed E-state index contributed by atoms with van der Waals surface area (Å²) >= 11 is 0. The first kappa shape index (κ1) is 15.3. The fourth-order valence-corrected chi connectivity index (χ4v) is 3.90. The molecule has 4 atom stereocenters. The van der Waals surface area contributed by atoms with E-state index in [1.807, 2.05) is 6.92 Å². The zero-order valence-electron chi connectivity index (χ0n) is 13.0. The molecule has 2 aliphatic carbocycles. The molecule has 0 aliphatic heterocycles. The maximum Gasteiger partial charge on any atom is 0.303 e. The molecular formula is C17H26O3. The second kappa shape index (κ2) is 5.36. The van der Waals surface area contributed by atoms with Crippen LogP contribution in [0.2, 0.25) is 0 Å². The van der Waals surface area contributed by atoms with E-state index in [2.05, 4.69) is 20.4 Å². The normalized spacial score (nSPS) is 37.4. The number of rotatable bonds is 2. The molecule has 0 saturated heterocycles. The zero-order valence-corrected chi connectivity index (χ0v) is 13.0. The van der Waals surface area contributed by atoms with Crippen molar-refractivity contribution in [3.63, 3.8) is 0 Å². The molecule has 0 aromatic carbocycles. The average molecular weight is 278 g/mol. The van der Waals surface area contributed by atoms with Crippen molar-refractivity contribution in [1.29, 1.82) is 0 Å². The predicted octanol–water partition coefficient (Wildman–Crippen LogP) is 3.38. The molecule has 0 amide bonds. The molecule has 1 fully saturated rings. The van der Waals surface area contributed by atoms with Gasteiger partial charge in [-0.25, -0.2) is 0 Å². The van der Waals surface area contributed by atoms with Crippen LogP contribution in [-0.4, -0.2) is 23.3 Å². The fraction of sp³-hybridized carbons (Fsp3) is 0.706. The Balaban J connectivity index is 2.35. The maximum absolute atomic E-state index is 11.2. The van der Waals surface area contributed by atoms with E-state index in [1.54, 1.807) is 0 Å². The number of fused-ring (bicyclic) bond motifs is 1. The molecule has 4 unspecified atom stereocenters. The molecule has 0 heterocycles. The first-order valence-electron chi connectivity index (χ1n) is 7.45. The largest absolute Gasteiger partial charge is 0.455 e. The Morgan fingerprint density at radius 2 is 2.10 bits per heavy atom. The number of hydrogen-bond donors (Lipinski definition) is 1.